The molecule has 0 amide bonds. The summed E-state index contributed by atoms with van der Waals surface area (Å²) in [7, 11) is 0.624. The second-order valence-electron chi connectivity index (χ2n) is 1.48. The summed E-state index contributed by atoms with van der Waals surface area (Å²) in [6.07, 6.45) is 0. The molecule has 0 aromatic heterocycles. The zero-order chi connectivity index (χ0) is 5.82. The molecular formula is C6H7PS. The van der Waals surface area contributed by atoms with Crippen LogP contribution in [0.4, 0.5) is 0 Å². The van der Waals surface area contributed by atoms with Crippen LogP contribution in [0.1, 0.15) is 0 Å². The standard InChI is InChI=1S/C6H7PS/c8-7-6-4-2-1-3-5-6/h1-5,7-8H. The Morgan fingerprint density at radius 3 is 2.12 bits per heavy atom. The summed E-state index contributed by atoms with van der Waals surface area (Å²) in [5, 5.41) is 1.30. The number of hydrogen-bond donors (Lipinski definition) is 1. The van der Waals surface area contributed by atoms with Crippen molar-refractivity contribution in [1.82, 2.24) is 0 Å². The Kier molecular flexibility index (Phi) is 2.38. The molecule has 1 aromatic carbocycles. The molecule has 8 heavy (non-hydrogen) atoms. The van der Waals surface area contributed by atoms with Gasteiger partial charge >= 0.3 is 0 Å². The lowest BCUT2D eigenvalue weighted by Gasteiger charge is -1.89. The van der Waals surface area contributed by atoms with E-state index in [0.717, 1.165) is 0 Å². The summed E-state index contributed by atoms with van der Waals surface area (Å²) in [4.78, 5) is 0. The molecule has 0 saturated carbocycles. The van der Waals surface area contributed by atoms with Gasteiger partial charge in [-0.1, -0.05) is 30.3 Å². The zero-order valence-electron chi connectivity index (χ0n) is 4.33. The molecular weight excluding hydrogens is 135 g/mol. The van der Waals surface area contributed by atoms with Gasteiger partial charge in [-0.25, -0.2) is 0 Å². The molecule has 0 aliphatic heterocycles. The summed E-state index contributed by atoms with van der Waals surface area (Å²) < 4.78 is 0. The van der Waals surface area contributed by atoms with Gasteiger partial charge in [0.15, 0.2) is 0 Å². The van der Waals surface area contributed by atoms with Crippen molar-refractivity contribution in [3.8, 4) is 0 Å². The molecule has 0 saturated heterocycles. The maximum Gasteiger partial charge on any atom is -0.0170 e. The number of benzene rings is 1. The van der Waals surface area contributed by atoms with Gasteiger partial charge in [0, 0.05) is 0 Å². The molecule has 1 atom stereocenters. The maximum atomic E-state index is 4.14. The summed E-state index contributed by atoms with van der Waals surface area (Å²) in [5.41, 5.74) is 0. The van der Waals surface area contributed by atoms with Gasteiger partial charge in [0.05, 0.1) is 0 Å². The summed E-state index contributed by atoms with van der Waals surface area (Å²) in [5.74, 6) is 0. The van der Waals surface area contributed by atoms with Crippen molar-refractivity contribution in [2.24, 2.45) is 0 Å². The van der Waals surface area contributed by atoms with Gasteiger partial charge in [-0.3, -0.25) is 0 Å². The van der Waals surface area contributed by atoms with E-state index in [1.807, 2.05) is 18.2 Å². The minimum Gasteiger partial charge on any atom is -0.150 e. The van der Waals surface area contributed by atoms with Crippen molar-refractivity contribution in [3.05, 3.63) is 30.3 Å². The average Bonchev–Trinajstić information content (AvgIpc) is 1.90. The molecule has 2 heteroatoms. The van der Waals surface area contributed by atoms with Crippen LogP contribution in [-0.2, 0) is 0 Å². The number of hydrogen-bond acceptors (Lipinski definition) is 1. The van der Waals surface area contributed by atoms with Gasteiger partial charge in [-0.05, 0) is 13.1 Å². The summed E-state index contributed by atoms with van der Waals surface area (Å²) in [6, 6.07) is 10.2. The van der Waals surface area contributed by atoms with E-state index in [2.05, 4.69) is 24.4 Å². The fraction of sp³-hybridized carbons (Fsp3) is 0. The maximum absolute atomic E-state index is 4.14. The van der Waals surface area contributed by atoms with Crippen molar-refractivity contribution < 1.29 is 0 Å². The second kappa shape index (κ2) is 3.11. The minimum absolute atomic E-state index is 0.624. The topological polar surface area (TPSA) is 0 Å². The highest BCUT2D eigenvalue weighted by Crippen LogP contribution is 2.12. The molecule has 0 aliphatic carbocycles. The molecule has 0 spiro atoms. The molecule has 0 aliphatic rings. The van der Waals surface area contributed by atoms with E-state index in [1.54, 1.807) is 0 Å². The molecule has 0 N–H and O–H groups in total. The lowest BCUT2D eigenvalue weighted by atomic mass is 10.4. The Bertz CT molecular complexity index is 150. The number of rotatable bonds is 1. The van der Waals surface area contributed by atoms with Crippen molar-refractivity contribution >= 4 is 25.3 Å². The van der Waals surface area contributed by atoms with Crippen LogP contribution in [-0.4, -0.2) is 0 Å². The predicted molar refractivity (Wildman–Crippen MR) is 43.4 cm³/mol. The third-order valence-corrected chi connectivity index (χ3v) is 2.27. The Hall–Kier alpha value is 0. The first-order valence-corrected chi connectivity index (χ1v) is 4.67. The zero-order valence-corrected chi connectivity index (χ0v) is 6.23. The minimum atomic E-state index is 0.624. The molecule has 42 valence electrons. The SMILES string of the molecule is SPc1ccccc1. The van der Waals surface area contributed by atoms with Crippen LogP contribution in [0, 0.1) is 0 Å². The van der Waals surface area contributed by atoms with Gasteiger partial charge in [0.25, 0.3) is 0 Å². The van der Waals surface area contributed by atoms with E-state index in [-0.39, 0.29) is 0 Å². The highest BCUT2D eigenvalue weighted by molar-refractivity contribution is 8.40. The lowest BCUT2D eigenvalue weighted by Crippen LogP contribution is -1.85. The second-order valence-corrected chi connectivity index (χ2v) is 2.95. The van der Waals surface area contributed by atoms with E-state index in [9.17, 15) is 0 Å². The van der Waals surface area contributed by atoms with E-state index < -0.39 is 0 Å². The average molecular weight is 142 g/mol. The largest absolute Gasteiger partial charge is 0.150 e. The van der Waals surface area contributed by atoms with E-state index >= 15 is 0 Å². The van der Waals surface area contributed by atoms with Gasteiger partial charge < -0.3 is 0 Å². The summed E-state index contributed by atoms with van der Waals surface area (Å²) in [6.45, 7) is 0. The first kappa shape index (κ1) is 6.12. The Morgan fingerprint density at radius 2 is 1.75 bits per heavy atom. The predicted octanol–water partition coefficient (Wildman–Crippen LogP) is 1.84. The van der Waals surface area contributed by atoms with Gasteiger partial charge in [0.2, 0.25) is 0 Å². The van der Waals surface area contributed by atoms with Gasteiger partial charge in [0.1, 0.15) is 0 Å². The Balaban J connectivity index is 2.83. The fourth-order valence-electron chi connectivity index (χ4n) is 0.513. The van der Waals surface area contributed by atoms with E-state index in [4.69, 9.17) is 0 Å². The highest BCUT2D eigenvalue weighted by Gasteiger charge is 1.80. The summed E-state index contributed by atoms with van der Waals surface area (Å²) >= 11 is 4.14. The number of thiol groups is 1. The van der Waals surface area contributed by atoms with Crippen LogP contribution in [0.15, 0.2) is 30.3 Å². The third kappa shape index (κ3) is 1.50. The molecule has 1 aromatic rings. The third-order valence-electron chi connectivity index (χ3n) is 0.903. The van der Waals surface area contributed by atoms with Crippen LogP contribution in [0.5, 0.6) is 0 Å². The highest BCUT2D eigenvalue weighted by atomic mass is 32.7. The van der Waals surface area contributed by atoms with Crippen molar-refractivity contribution in [2.45, 2.75) is 0 Å². The molecule has 0 bridgehead atoms. The first-order valence-electron chi connectivity index (χ1n) is 2.38. The van der Waals surface area contributed by atoms with Gasteiger partial charge in [-0.15, -0.1) is 12.2 Å². The van der Waals surface area contributed by atoms with Gasteiger partial charge in [-0.2, -0.15) is 0 Å². The van der Waals surface area contributed by atoms with Crippen molar-refractivity contribution in [3.63, 3.8) is 0 Å². The molecule has 0 nitrogen and oxygen atoms in total. The van der Waals surface area contributed by atoms with Crippen LogP contribution < -0.4 is 5.30 Å². The van der Waals surface area contributed by atoms with Crippen molar-refractivity contribution in [1.29, 1.82) is 0 Å². The van der Waals surface area contributed by atoms with Crippen LogP contribution >= 0.6 is 20.0 Å². The molecule has 1 unspecified atom stereocenters. The molecule has 0 heterocycles. The van der Waals surface area contributed by atoms with Crippen LogP contribution in [0.2, 0.25) is 0 Å². The smallest absolute Gasteiger partial charge is 0.0170 e. The molecule has 1 rings (SSSR count). The fourth-order valence-corrected chi connectivity index (χ4v) is 1.30. The van der Waals surface area contributed by atoms with Crippen LogP contribution in [0.25, 0.3) is 0 Å². The Morgan fingerprint density at radius 1 is 1.12 bits per heavy atom. The molecule has 0 fully saturated rings. The quantitative estimate of drug-likeness (QED) is 0.449. The normalized spacial score (nSPS) is 10.6. The molecule has 0 radical (unpaired) electrons. The lowest BCUT2D eigenvalue weighted by molar-refractivity contribution is 1.78. The first-order chi connectivity index (χ1) is 3.93. The monoisotopic (exact) mass is 142 g/mol. The van der Waals surface area contributed by atoms with Crippen molar-refractivity contribution in [2.75, 3.05) is 0 Å². The van der Waals surface area contributed by atoms with Crippen LogP contribution in [0.3, 0.4) is 0 Å². The Labute approximate surface area is 56.2 Å². The van der Waals surface area contributed by atoms with E-state index in [1.165, 1.54) is 5.30 Å². The van der Waals surface area contributed by atoms with E-state index in [0.29, 0.717) is 7.78 Å².